The monoisotopic (exact) mass is 252 g/mol. The second-order valence-electron chi connectivity index (χ2n) is 3.29. The minimum atomic E-state index is -0.117. The van der Waals surface area contributed by atoms with Gasteiger partial charge in [-0.05, 0) is 31.5 Å². The van der Waals surface area contributed by atoms with Gasteiger partial charge in [-0.1, -0.05) is 28.1 Å². The first-order chi connectivity index (χ1) is 6.63. The molecule has 1 N–H and O–H groups in total. The van der Waals surface area contributed by atoms with Crippen LogP contribution < -0.4 is 5.32 Å². The van der Waals surface area contributed by atoms with Crippen LogP contribution in [0, 0.1) is 11.3 Å². The molecule has 2 atom stereocenters. The van der Waals surface area contributed by atoms with Gasteiger partial charge < -0.3 is 0 Å². The summed E-state index contributed by atoms with van der Waals surface area (Å²) in [5.41, 5.74) is 1.19. The number of hydrogen-bond acceptors (Lipinski definition) is 2. The van der Waals surface area contributed by atoms with Gasteiger partial charge >= 0.3 is 0 Å². The molecule has 0 heterocycles. The van der Waals surface area contributed by atoms with Crippen LogP contribution in [0.1, 0.15) is 25.5 Å². The molecule has 0 bridgehead atoms. The Labute approximate surface area is 93.1 Å². The number of nitrogens with one attached hydrogen (secondary N) is 1. The van der Waals surface area contributed by atoms with Crippen LogP contribution in [0.2, 0.25) is 0 Å². The summed E-state index contributed by atoms with van der Waals surface area (Å²) in [6.07, 6.45) is 0. The highest BCUT2D eigenvalue weighted by atomic mass is 79.9. The Balaban J connectivity index is 2.66. The number of hydrogen-bond donors (Lipinski definition) is 1. The molecule has 0 spiro atoms. The first-order valence-corrected chi connectivity index (χ1v) is 5.34. The van der Waals surface area contributed by atoms with E-state index in [1.807, 2.05) is 31.2 Å². The highest BCUT2D eigenvalue weighted by Gasteiger charge is 2.07. The molecule has 1 rings (SSSR count). The van der Waals surface area contributed by atoms with E-state index in [1.165, 1.54) is 5.56 Å². The van der Waals surface area contributed by atoms with Crippen molar-refractivity contribution in [3.05, 3.63) is 34.3 Å². The van der Waals surface area contributed by atoms with Gasteiger partial charge in [-0.2, -0.15) is 5.26 Å². The van der Waals surface area contributed by atoms with Crippen LogP contribution in [0.5, 0.6) is 0 Å². The van der Waals surface area contributed by atoms with E-state index in [2.05, 4.69) is 34.2 Å². The lowest BCUT2D eigenvalue weighted by Gasteiger charge is -2.15. The molecule has 0 aliphatic carbocycles. The summed E-state index contributed by atoms with van der Waals surface area (Å²) in [4.78, 5) is 0. The third-order valence-electron chi connectivity index (χ3n) is 2.06. The minimum absolute atomic E-state index is 0.117. The highest BCUT2D eigenvalue weighted by molar-refractivity contribution is 9.10. The summed E-state index contributed by atoms with van der Waals surface area (Å²) in [7, 11) is 0. The summed E-state index contributed by atoms with van der Waals surface area (Å²) in [6, 6.07) is 10.3. The van der Waals surface area contributed by atoms with Gasteiger partial charge in [0.25, 0.3) is 0 Å². The standard InChI is InChI=1S/C11H13BrN2/c1-8(7-13)14-9(2)10-3-5-11(12)6-4-10/h3-6,8-9,14H,1-2H3. The zero-order chi connectivity index (χ0) is 10.6. The van der Waals surface area contributed by atoms with Crippen LogP contribution in [0.4, 0.5) is 0 Å². The topological polar surface area (TPSA) is 35.8 Å². The predicted octanol–water partition coefficient (Wildman–Crippen LogP) is 3.01. The fraction of sp³-hybridized carbons (Fsp3) is 0.364. The summed E-state index contributed by atoms with van der Waals surface area (Å²) < 4.78 is 1.07. The van der Waals surface area contributed by atoms with Crippen LogP contribution in [0.3, 0.4) is 0 Å². The van der Waals surface area contributed by atoms with E-state index in [0.717, 1.165) is 4.47 Å². The zero-order valence-corrected chi connectivity index (χ0v) is 9.88. The lowest BCUT2D eigenvalue weighted by molar-refractivity contribution is 0.543. The quantitative estimate of drug-likeness (QED) is 0.898. The van der Waals surface area contributed by atoms with Crippen molar-refractivity contribution in [2.75, 3.05) is 0 Å². The van der Waals surface area contributed by atoms with Crippen molar-refractivity contribution >= 4 is 15.9 Å². The molecule has 74 valence electrons. The van der Waals surface area contributed by atoms with E-state index in [1.54, 1.807) is 0 Å². The molecular weight excluding hydrogens is 240 g/mol. The summed E-state index contributed by atoms with van der Waals surface area (Å²) in [5, 5.41) is 11.8. The Bertz CT molecular complexity index is 326. The average molecular weight is 253 g/mol. The van der Waals surface area contributed by atoms with Crippen LogP contribution in [0.25, 0.3) is 0 Å². The van der Waals surface area contributed by atoms with Crippen molar-refractivity contribution in [3.8, 4) is 6.07 Å². The third kappa shape index (κ3) is 3.13. The molecule has 1 aromatic rings. The van der Waals surface area contributed by atoms with Gasteiger partial charge in [0, 0.05) is 10.5 Å². The molecule has 0 saturated carbocycles. The van der Waals surface area contributed by atoms with E-state index < -0.39 is 0 Å². The normalized spacial score (nSPS) is 14.4. The average Bonchev–Trinajstić information content (AvgIpc) is 2.18. The Hall–Kier alpha value is -0.850. The maximum atomic E-state index is 8.65. The van der Waals surface area contributed by atoms with E-state index >= 15 is 0 Å². The second kappa shape index (κ2) is 5.14. The largest absolute Gasteiger partial charge is 0.296 e. The van der Waals surface area contributed by atoms with Gasteiger partial charge in [-0.3, -0.25) is 5.32 Å². The molecule has 0 aliphatic heterocycles. The molecule has 3 heteroatoms. The lowest BCUT2D eigenvalue weighted by atomic mass is 10.1. The van der Waals surface area contributed by atoms with Crippen molar-refractivity contribution in [1.29, 1.82) is 5.26 Å². The molecule has 0 saturated heterocycles. The summed E-state index contributed by atoms with van der Waals surface area (Å²) in [5.74, 6) is 0. The molecule has 0 amide bonds. The molecule has 2 nitrogen and oxygen atoms in total. The second-order valence-corrected chi connectivity index (χ2v) is 4.21. The van der Waals surface area contributed by atoms with Crippen LogP contribution in [-0.4, -0.2) is 6.04 Å². The lowest BCUT2D eigenvalue weighted by Crippen LogP contribution is -2.27. The number of rotatable bonds is 3. The van der Waals surface area contributed by atoms with Crippen LogP contribution in [0.15, 0.2) is 28.7 Å². The maximum Gasteiger partial charge on any atom is 0.0929 e. The van der Waals surface area contributed by atoms with Crippen LogP contribution in [-0.2, 0) is 0 Å². The SMILES string of the molecule is CC(C#N)NC(C)c1ccc(Br)cc1. The van der Waals surface area contributed by atoms with E-state index in [9.17, 15) is 0 Å². The molecule has 0 fully saturated rings. The van der Waals surface area contributed by atoms with Gasteiger partial charge in [0.2, 0.25) is 0 Å². The predicted molar refractivity (Wildman–Crippen MR) is 60.8 cm³/mol. The molecule has 0 aromatic heterocycles. The van der Waals surface area contributed by atoms with Gasteiger partial charge in [0.1, 0.15) is 0 Å². The Kier molecular flexibility index (Phi) is 4.12. The third-order valence-corrected chi connectivity index (χ3v) is 2.59. The Morgan fingerprint density at radius 3 is 2.36 bits per heavy atom. The van der Waals surface area contributed by atoms with Crippen molar-refractivity contribution in [3.63, 3.8) is 0 Å². The van der Waals surface area contributed by atoms with Gasteiger partial charge in [-0.25, -0.2) is 0 Å². The fourth-order valence-electron chi connectivity index (χ4n) is 1.26. The highest BCUT2D eigenvalue weighted by Crippen LogP contribution is 2.16. The van der Waals surface area contributed by atoms with E-state index in [-0.39, 0.29) is 12.1 Å². The first kappa shape index (κ1) is 11.2. The number of benzene rings is 1. The Morgan fingerprint density at radius 1 is 1.29 bits per heavy atom. The summed E-state index contributed by atoms with van der Waals surface area (Å²) >= 11 is 3.39. The Morgan fingerprint density at radius 2 is 1.86 bits per heavy atom. The van der Waals surface area contributed by atoms with E-state index in [4.69, 9.17) is 5.26 Å². The minimum Gasteiger partial charge on any atom is -0.296 e. The van der Waals surface area contributed by atoms with Crippen molar-refractivity contribution in [2.45, 2.75) is 25.9 Å². The zero-order valence-electron chi connectivity index (χ0n) is 8.29. The van der Waals surface area contributed by atoms with Gasteiger partial charge in [-0.15, -0.1) is 0 Å². The van der Waals surface area contributed by atoms with Crippen LogP contribution >= 0.6 is 15.9 Å². The van der Waals surface area contributed by atoms with Gasteiger partial charge in [0.05, 0.1) is 12.1 Å². The van der Waals surface area contributed by atoms with Crippen molar-refractivity contribution in [1.82, 2.24) is 5.32 Å². The van der Waals surface area contributed by atoms with Crippen molar-refractivity contribution in [2.24, 2.45) is 0 Å². The number of nitrogens with zero attached hydrogens (tertiary/aromatic N) is 1. The first-order valence-electron chi connectivity index (χ1n) is 4.54. The van der Waals surface area contributed by atoms with E-state index in [0.29, 0.717) is 0 Å². The number of halogens is 1. The molecule has 1 aromatic carbocycles. The molecule has 14 heavy (non-hydrogen) atoms. The van der Waals surface area contributed by atoms with Crippen molar-refractivity contribution < 1.29 is 0 Å². The fourth-order valence-corrected chi connectivity index (χ4v) is 1.52. The maximum absolute atomic E-state index is 8.65. The molecule has 2 unspecified atom stereocenters. The number of nitriles is 1. The van der Waals surface area contributed by atoms with Gasteiger partial charge in [0.15, 0.2) is 0 Å². The summed E-state index contributed by atoms with van der Waals surface area (Å²) in [6.45, 7) is 3.91. The molecule has 0 aliphatic rings. The molecule has 0 radical (unpaired) electrons. The smallest absolute Gasteiger partial charge is 0.0929 e. The molecular formula is C11H13BrN2.